The average molecular weight is 412 g/mol. The molecule has 3 heterocycles. The second kappa shape index (κ2) is 9.04. The number of pyridine rings is 2. The van der Waals surface area contributed by atoms with Crippen LogP contribution in [0.2, 0.25) is 0 Å². The van der Waals surface area contributed by atoms with Crippen molar-refractivity contribution in [3.63, 3.8) is 0 Å². The second-order valence-electron chi connectivity index (χ2n) is 7.78. The summed E-state index contributed by atoms with van der Waals surface area (Å²) in [6.45, 7) is 7.51. The molecular weight excluding hydrogens is 384 g/mol. The van der Waals surface area contributed by atoms with Gasteiger partial charge in [0.2, 0.25) is 5.82 Å². The van der Waals surface area contributed by atoms with Gasteiger partial charge in [-0.15, -0.1) is 5.11 Å². The molecule has 0 saturated heterocycles. The molecule has 160 valence electrons. The third-order valence-electron chi connectivity index (χ3n) is 5.11. The molecule has 10 nitrogen and oxygen atoms in total. The molecule has 3 aromatic heterocycles. The van der Waals surface area contributed by atoms with E-state index in [1.807, 2.05) is 44.2 Å². The molecule has 0 bridgehead atoms. The van der Waals surface area contributed by atoms with Crippen LogP contribution in [0, 0.1) is 5.92 Å². The minimum atomic E-state index is -0.199. The van der Waals surface area contributed by atoms with Crippen LogP contribution >= 0.6 is 0 Å². The largest absolute Gasteiger partial charge is 0.491 e. The number of aromatic nitrogens is 4. The van der Waals surface area contributed by atoms with Gasteiger partial charge in [-0.05, 0) is 39.1 Å². The van der Waals surface area contributed by atoms with Gasteiger partial charge in [-0.2, -0.15) is 5.10 Å². The van der Waals surface area contributed by atoms with Crippen molar-refractivity contribution in [2.75, 3.05) is 27.2 Å². The van der Waals surface area contributed by atoms with Gasteiger partial charge in [0.05, 0.1) is 17.4 Å². The summed E-state index contributed by atoms with van der Waals surface area (Å²) in [7, 11) is 3.98. The van der Waals surface area contributed by atoms with E-state index in [4.69, 9.17) is 10.6 Å². The lowest BCUT2D eigenvalue weighted by Gasteiger charge is -2.20. The maximum absolute atomic E-state index is 13.2. The van der Waals surface area contributed by atoms with Crippen LogP contribution in [-0.2, 0) is 0 Å². The van der Waals surface area contributed by atoms with Crippen molar-refractivity contribution in [1.82, 2.24) is 24.6 Å². The number of likely N-dealkylation sites (N-methyl/N-ethyl adjacent to an activating group) is 1. The van der Waals surface area contributed by atoms with E-state index in [1.54, 1.807) is 10.8 Å². The van der Waals surface area contributed by atoms with Crippen molar-refractivity contribution < 1.29 is 4.74 Å². The molecule has 3 N–H and O–H groups in total. The van der Waals surface area contributed by atoms with E-state index in [2.05, 4.69) is 39.4 Å². The maximum atomic E-state index is 13.2. The molecule has 0 fully saturated rings. The van der Waals surface area contributed by atoms with E-state index in [0.717, 1.165) is 12.1 Å². The summed E-state index contributed by atoms with van der Waals surface area (Å²) in [5, 5.41) is 14.4. The molecule has 0 spiro atoms. The topological polar surface area (TPSA) is 127 Å². The Morgan fingerprint density at radius 2 is 2.07 bits per heavy atom. The van der Waals surface area contributed by atoms with Crippen molar-refractivity contribution >= 4 is 16.7 Å². The number of aromatic amines is 1. The molecule has 0 aliphatic rings. The molecule has 10 heteroatoms. The van der Waals surface area contributed by atoms with E-state index >= 15 is 0 Å². The van der Waals surface area contributed by atoms with Gasteiger partial charge in [-0.3, -0.25) is 14.9 Å². The van der Waals surface area contributed by atoms with Gasteiger partial charge in [-0.1, -0.05) is 19.1 Å². The van der Waals surface area contributed by atoms with Gasteiger partial charge in [0.15, 0.2) is 0 Å². The molecule has 0 aliphatic heterocycles. The van der Waals surface area contributed by atoms with Crippen molar-refractivity contribution in [1.29, 1.82) is 0 Å². The fourth-order valence-electron chi connectivity index (χ4n) is 3.04. The van der Waals surface area contributed by atoms with Crippen LogP contribution in [-0.4, -0.2) is 51.9 Å². The highest BCUT2D eigenvalue weighted by molar-refractivity contribution is 5.97. The number of H-pyrrole nitrogens is 1. The molecule has 3 rings (SSSR count). The third-order valence-corrected chi connectivity index (χ3v) is 5.11. The first-order valence-corrected chi connectivity index (χ1v) is 9.81. The van der Waals surface area contributed by atoms with Crippen LogP contribution in [0.1, 0.15) is 26.8 Å². The normalized spacial score (nSPS) is 13.0. The van der Waals surface area contributed by atoms with Crippen molar-refractivity contribution in [2.45, 2.75) is 26.8 Å². The fourth-order valence-corrected chi connectivity index (χ4v) is 3.04. The quantitative estimate of drug-likeness (QED) is 0.333. The number of rotatable bonds is 8. The Bertz CT molecular complexity index is 1080. The zero-order valence-corrected chi connectivity index (χ0v) is 18.0. The molecular formula is C20H28N8O2. The summed E-state index contributed by atoms with van der Waals surface area (Å²) < 4.78 is 7.41. The van der Waals surface area contributed by atoms with E-state index in [-0.39, 0.29) is 23.3 Å². The molecule has 0 saturated carbocycles. The predicted molar refractivity (Wildman–Crippen MR) is 116 cm³/mol. The molecule has 1 unspecified atom stereocenters. The average Bonchev–Trinajstić information content (AvgIpc) is 3.13. The van der Waals surface area contributed by atoms with Crippen LogP contribution in [0.25, 0.3) is 22.2 Å². The predicted octanol–water partition coefficient (Wildman–Crippen LogP) is 2.90. The van der Waals surface area contributed by atoms with Gasteiger partial charge < -0.3 is 20.0 Å². The second-order valence-corrected chi connectivity index (χ2v) is 7.78. The van der Waals surface area contributed by atoms with E-state index < -0.39 is 0 Å². The number of ether oxygens (including phenoxy) is 1. The summed E-state index contributed by atoms with van der Waals surface area (Å²) in [5.41, 5.74) is 1.77. The first-order chi connectivity index (χ1) is 14.3. The highest BCUT2D eigenvalue weighted by Gasteiger charge is 2.21. The van der Waals surface area contributed by atoms with Crippen LogP contribution < -0.4 is 16.1 Å². The number of fused-ring (bicyclic) bond motifs is 1. The number of nitrogens with one attached hydrogen (secondary N) is 1. The summed E-state index contributed by atoms with van der Waals surface area (Å²) in [6, 6.07) is 3.69. The summed E-state index contributed by atoms with van der Waals surface area (Å²) in [6.07, 6.45) is 3.49. The zero-order valence-electron chi connectivity index (χ0n) is 18.0. The number of nitrogens with zero attached hydrogens (tertiary/aromatic N) is 6. The molecule has 0 aliphatic carbocycles. The molecule has 0 amide bonds. The highest BCUT2D eigenvalue weighted by Crippen LogP contribution is 2.31. The Hall–Kier alpha value is -3.27. The Morgan fingerprint density at radius 3 is 2.67 bits per heavy atom. The lowest BCUT2D eigenvalue weighted by atomic mass is 10.0. The Kier molecular flexibility index (Phi) is 6.46. The lowest BCUT2D eigenvalue weighted by molar-refractivity contribution is 0.260. The van der Waals surface area contributed by atoms with Crippen molar-refractivity contribution in [3.8, 4) is 17.0 Å². The number of hydrogen-bond acceptors (Lipinski definition) is 7. The molecule has 3 aromatic rings. The monoisotopic (exact) mass is 412 g/mol. The number of hydrogen-bond donors (Lipinski definition) is 2. The summed E-state index contributed by atoms with van der Waals surface area (Å²) in [5.74, 6) is 6.29. The summed E-state index contributed by atoms with van der Waals surface area (Å²) >= 11 is 0. The van der Waals surface area contributed by atoms with Gasteiger partial charge in [0.25, 0.3) is 5.56 Å². The van der Waals surface area contributed by atoms with Crippen molar-refractivity contribution in [3.05, 3.63) is 34.9 Å². The smallest absolute Gasteiger partial charge is 0.264 e. The molecule has 0 radical (unpaired) electrons. The SMILES string of the molecule is CC(C)C(C)n1cc(-c2ccc(OCCN(C)C)cn2)c2[nH]nc(N=NN)c2c1=O. The Balaban J connectivity index is 2.09. The van der Waals surface area contributed by atoms with Gasteiger partial charge in [0.1, 0.15) is 17.7 Å². The highest BCUT2D eigenvalue weighted by atomic mass is 16.5. The van der Waals surface area contributed by atoms with E-state index in [9.17, 15) is 4.79 Å². The standard InChI is InChI=1S/C20H28N8O2/c1-12(2)13(3)28-11-15(18-17(20(28)29)19(24-23-18)25-26-21)16-7-6-14(10-22-16)30-9-8-27(4)5/h6-7,10-13H,8-9H2,1-5H3,(H3,21,23,24,25). The van der Waals surface area contributed by atoms with E-state index in [0.29, 0.717) is 29.0 Å². The third kappa shape index (κ3) is 4.33. The lowest BCUT2D eigenvalue weighted by Crippen LogP contribution is -2.26. The van der Waals surface area contributed by atoms with Crippen molar-refractivity contribution in [2.24, 2.45) is 22.1 Å². The van der Waals surface area contributed by atoms with Crippen LogP contribution in [0.15, 0.2) is 39.7 Å². The number of nitrogens with two attached hydrogens (primary N) is 1. The van der Waals surface area contributed by atoms with Gasteiger partial charge in [0, 0.05) is 24.3 Å². The Morgan fingerprint density at radius 1 is 1.30 bits per heavy atom. The van der Waals surface area contributed by atoms with Gasteiger partial charge >= 0.3 is 0 Å². The minimum Gasteiger partial charge on any atom is -0.491 e. The molecule has 0 aromatic carbocycles. The minimum absolute atomic E-state index is 0.0353. The van der Waals surface area contributed by atoms with Crippen LogP contribution in [0.3, 0.4) is 0 Å². The fraction of sp³-hybridized carbons (Fsp3) is 0.450. The first-order valence-electron chi connectivity index (χ1n) is 9.81. The molecule has 30 heavy (non-hydrogen) atoms. The van der Waals surface area contributed by atoms with E-state index in [1.165, 1.54) is 0 Å². The zero-order chi connectivity index (χ0) is 21.8. The van der Waals surface area contributed by atoms with Crippen LogP contribution in [0.5, 0.6) is 5.75 Å². The van der Waals surface area contributed by atoms with Gasteiger partial charge in [-0.25, -0.2) is 0 Å². The first kappa shape index (κ1) is 21.4. The maximum Gasteiger partial charge on any atom is 0.264 e. The van der Waals surface area contributed by atoms with Crippen LogP contribution in [0.4, 0.5) is 5.82 Å². The summed E-state index contributed by atoms with van der Waals surface area (Å²) in [4.78, 5) is 19.8. The molecule has 1 atom stereocenters. The Labute approximate surface area is 174 Å².